The monoisotopic (exact) mass is 1220 g/mol. The summed E-state index contributed by atoms with van der Waals surface area (Å²) in [6.07, 6.45) is -5.64. The summed E-state index contributed by atoms with van der Waals surface area (Å²) in [5, 5.41) is 37.1. The number of rotatable bonds is 24. The van der Waals surface area contributed by atoms with Crippen molar-refractivity contribution in [3.8, 4) is 34.1 Å². The van der Waals surface area contributed by atoms with Gasteiger partial charge in [0.15, 0.2) is 11.9 Å². The van der Waals surface area contributed by atoms with Crippen LogP contribution in [0.4, 0.5) is 10.5 Å². The van der Waals surface area contributed by atoms with E-state index in [4.69, 9.17) is 42.6 Å². The molecule has 4 heterocycles. The molecule has 4 unspecified atom stereocenters. The van der Waals surface area contributed by atoms with Gasteiger partial charge < -0.3 is 73.9 Å². The molecule has 1 spiro atoms. The molecule has 2 saturated heterocycles. The number of benzene rings is 5. The molecule has 87 heavy (non-hydrogen) atoms. The number of hydrogen-bond donors (Lipinski definition) is 6. The predicted octanol–water partition coefficient (Wildman–Crippen LogP) is 4.13. The minimum Gasteiger partial charge on any atom is -0.456 e. The SMILES string of the molecule is CC[C@@H]1C(COCC(=O)NCCOCCOCCNC(=O)C(CSC2CC(=O)N(c3ccc4c(c3)C(=O)OC43c4ccc(OC(C)=O)cc4Oc4cc(OC(C)=O)ccc43)C2=O)NC(=O)OCC2c3ccccc3-c3ccccc32)O[C@@H](O)C(O)[C@H]1O. The smallest absolute Gasteiger partial charge is 0.407 e. The molecule has 7 atom stereocenters. The number of alkyl carbamates (subject to hydrolysis) is 1. The van der Waals surface area contributed by atoms with Gasteiger partial charge in [-0.2, -0.15) is 0 Å². The molecular weight excluding hydrogens is 1150 g/mol. The zero-order valence-electron chi connectivity index (χ0n) is 47.6. The van der Waals surface area contributed by atoms with Crippen LogP contribution in [-0.2, 0) is 62.8 Å². The van der Waals surface area contributed by atoms with E-state index >= 15 is 0 Å². The first-order valence-corrected chi connectivity index (χ1v) is 29.3. The van der Waals surface area contributed by atoms with Crippen molar-refractivity contribution in [3.05, 3.63) is 137 Å². The molecule has 0 aromatic heterocycles. The number of ether oxygens (including phenoxy) is 9. The van der Waals surface area contributed by atoms with Gasteiger partial charge in [0.25, 0.3) is 0 Å². The van der Waals surface area contributed by atoms with Crippen molar-refractivity contribution < 1.29 is 96.3 Å². The van der Waals surface area contributed by atoms with Crippen LogP contribution in [-0.4, -0.2) is 164 Å². The Morgan fingerprint density at radius 2 is 1.32 bits per heavy atom. The van der Waals surface area contributed by atoms with E-state index < -0.39 is 95.0 Å². The lowest BCUT2D eigenvalue weighted by molar-refractivity contribution is -0.276. The van der Waals surface area contributed by atoms with E-state index in [1.807, 2.05) is 48.5 Å². The standard InChI is InChI=1S/C62H64N4O20S/c1-4-38-51(85-60(76)56(72)55(38)71)30-80-31-53(69)63-19-21-78-23-24-79-22-20-64-57(73)48(65-61(77)81-29-44-41-11-7-5-9-39(41)40-10-6-8-12-42(40)44)32-87-52-28-54(70)66(58(52)74)35-13-16-45-43(25-35)59(75)86-62(45)46-17-14-36(82-33(2)67)26-49(46)84-50-27-37(83-34(3)68)15-18-47(50)62/h5-18,25-27,38,44,48,51-52,55-56,60,71-72,76H,4,19-24,28-32H2,1-3H3,(H,63,69)(H,64,73)(H,65,77)/t38-,48?,51?,52?,55+,56?,60-/m1/s1. The maximum absolute atomic E-state index is 14.3. The number of carbonyl (C=O) groups is 8. The van der Waals surface area contributed by atoms with Gasteiger partial charge in [0.05, 0.1) is 61.7 Å². The van der Waals surface area contributed by atoms with Gasteiger partial charge >= 0.3 is 24.0 Å². The number of nitrogens with zero attached hydrogens (tertiary/aromatic N) is 1. The molecular formula is C62H64N4O20S. The molecule has 0 saturated carbocycles. The van der Waals surface area contributed by atoms with Crippen molar-refractivity contribution in [1.29, 1.82) is 0 Å². The van der Waals surface area contributed by atoms with Gasteiger partial charge in [0.1, 0.15) is 48.4 Å². The average molecular weight is 1220 g/mol. The van der Waals surface area contributed by atoms with Crippen LogP contribution in [0.25, 0.3) is 11.1 Å². The largest absolute Gasteiger partial charge is 0.456 e. The number of nitrogens with one attached hydrogen (secondary N) is 3. The van der Waals surface area contributed by atoms with E-state index in [9.17, 15) is 53.7 Å². The van der Waals surface area contributed by atoms with Crippen LogP contribution in [0.3, 0.4) is 0 Å². The number of aliphatic hydroxyl groups is 3. The van der Waals surface area contributed by atoms with Crippen molar-refractivity contribution >= 4 is 65.1 Å². The Hall–Kier alpha value is -8.27. The molecule has 0 radical (unpaired) electrons. The Morgan fingerprint density at radius 1 is 0.713 bits per heavy atom. The molecule has 25 heteroatoms. The van der Waals surface area contributed by atoms with Crippen LogP contribution >= 0.6 is 11.8 Å². The number of amides is 5. The molecule has 4 aliphatic heterocycles. The molecule has 0 bridgehead atoms. The van der Waals surface area contributed by atoms with Crippen molar-refractivity contribution in [3.63, 3.8) is 0 Å². The molecule has 5 aliphatic rings. The fraction of sp³-hybridized carbons (Fsp3) is 0.387. The van der Waals surface area contributed by atoms with Crippen LogP contribution in [0.5, 0.6) is 23.0 Å². The maximum Gasteiger partial charge on any atom is 0.407 e. The second-order valence-corrected chi connectivity index (χ2v) is 22.3. The molecule has 5 aromatic rings. The van der Waals surface area contributed by atoms with Crippen LogP contribution in [0, 0.1) is 5.92 Å². The molecule has 458 valence electrons. The number of imide groups is 1. The lowest BCUT2D eigenvalue weighted by Crippen LogP contribution is -2.55. The third kappa shape index (κ3) is 13.4. The minimum atomic E-state index is -1.65. The van der Waals surface area contributed by atoms with Crippen molar-refractivity contribution in [1.82, 2.24) is 16.0 Å². The van der Waals surface area contributed by atoms with E-state index in [1.54, 1.807) is 25.1 Å². The Morgan fingerprint density at radius 3 is 1.94 bits per heavy atom. The quantitative estimate of drug-likeness (QED) is 0.0219. The van der Waals surface area contributed by atoms with Gasteiger partial charge in [-0.15, -0.1) is 11.8 Å². The Kier molecular flexibility index (Phi) is 19.3. The normalized spacial score (nSPS) is 20.7. The number of carbonyl (C=O) groups excluding carboxylic acids is 8. The molecule has 2 fully saturated rings. The van der Waals surface area contributed by atoms with Crippen molar-refractivity contribution in [2.45, 2.75) is 81.0 Å². The summed E-state index contributed by atoms with van der Waals surface area (Å²) < 4.78 is 51.0. The summed E-state index contributed by atoms with van der Waals surface area (Å²) in [7, 11) is 0. The minimum absolute atomic E-state index is 0.0112. The van der Waals surface area contributed by atoms with Gasteiger partial charge in [-0.3, -0.25) is 28.8 Å². The van der Waals surface area contributed by atoms with E-state index in [0.29, 0.717) is 23.1 Å². The second-order valence-electron chi connectivity index (χ2n) is 21.0. The zero-order valence-corrected chi connectivity index (χ0v) is 48.4. The molecule has 6 N–H and O–H groups in total. The molecule has 10 rings (SSSR count). The lowest BCUT2D eigenvalue weighted by Gasteiger charge is -2.40. The second kappa shape index (κ2) is 27.2. The number of fused-ring (bicyclic) bond motifs is 9. The summed E-state index contributed by atoms with van der Waals surface area (Å²) in [5.41, 5.74) is 3.54. The molecule has 5 amide bonds. The van der Waals surface area contributed by atoms with E-state index in [2.05, 4.69) is 16.0 Å². The maximum atomic E-state index is 14.3. The highest BCUT2D eigenvalue weighted by Crippen LogP contribution is 2.57. The highest BCUT2D eigenvalue weighted by Gasteiger charge is 2.54. The van der Waals surface area contributed by atoms with Crippen molar-refractivity contribution in [2.24, 2.45) is 5.92 Å². The summed E-state index contributed by atoms with van der Waals surface area (Å²) in [5.74, 6) is -4.55. The summed E-state index contributed by atoms with van der Waals surface area (Å²) in [6, 6.07) is 28.0. The Balaban J connectivity index is 0.754. The van der Waals surface area contributed by atoms with Crippen LogP contribution in [0.2, 0.25) is 0 Å². The lowest BCUT2D eigenvalue weighted by atomic mass is 9.77. The topological polar surface area (TPSA) is 320 Å². The molecule has 1 aliphatic carbocycles. The van der Waals surface area contributed by atoms with Gasteiger partial charge in [-0.1, -0.05) is 61.5 Å². The predicted molar refractivity (Wildman–Crippen MR) is 308 cm³/mol. The van der Waals surface area contributed by atoms with Crippen molar-refractivity contribution in [2.75, 3.05) is 70.0 Å². The zero-order chi connectivity index (χ0) is 61.5. The summed E-state index contributed by atoms with van der Waals surface area (Å²) in [6.45, 7) is 4.49. The third-order valence-corrected chi connectivity index (χ3v) is 16.7. The van der Waals surface area contributed by atoms with Crippen LogP contribution in [0.1, 0.15) is 77.7 Å². The van der Waals surface area contributed by atoms with E-state index in [0.717, 1.165) is 38.9 Å². The fourth-order valence-electron chi connectivity index (χ4n) is 11.4. The first-order chi connectivity index (χ1) is 41.9. The van der Waals surface area contributed by atoms with Gasteiger partial charge in [0.2, 0.25) is 23.6 Å². The number of thioether (sulfide) groups is 1. The summed E-state index contributed by atoms with van der Waals surface area (Å²) >= 11 is 0.983. The van der Waals surface area contributed by atoms with Gasteiger partial charge in [0, 0.05) is 79.8 Å². The average Bonchev–Trinajstić information content (AvgIpc) is 1.87. The molecule has 24 nitrogen and oxygen atoms in total. The molecule has 5 aromatic carbocycles. The van der Waals surface area contributed by atoms with Crippen LogP contribution in [0.15, 0.2) is 103 Å². The number of esters is 3. The van der Waals surface area contributed by atoms with E-state index in [1.165, 1.54) is 50.2 Å². The van der Waals surface area contributed by atoms with Crippen LogP contribution < -0.4 is 35.1 Å². The Labute approximate surface area is 503 Å². The first-order valence-electron chi connectivity index (χ1n) is 28.2. The Bertz CT molecular complexity index is 3360. The summed E-state index contributed by atoms with van der Waals surface area (Å²) in [4.78, 5) is 107. The van der Waals surface area contributed by atoms with Gasteiger partial charge in [-0.05, 0) is 65.1 Å². The third-order valence-electron chi connectivity index (χ3n) is 15.4. The highest BCUT2D eigenvalue weighted by atomic mass is 32.2. The highest BCUT2D eigenvalue weighted by molar-refractivity contribution is 8.00. The fourth-order valence-corrected chi connectivity index (χ4v) is 12.6. The number of anilines is 1. The van der Waals surface area contributed by atoms with E-state index in [-0.39, 0.29) is 112 Å². The van der Waals surface area contributed by atoms with Gasteiger partial charge in [-0.25, -0.2) is 14.5 Å². The first kappa shape index (κ1) is 61.8. The number of hydrogen-bond acceptors (Lipinski definition) is 21. The number of aliphatic hydroxyl groups excluding tert-OH is 3.